The Morgan fingerprint density at radius 1 is 1.27 bits per heavy atom. The fraction of sp³-hybridized carbons (Fsp3) is 0.500. The summed E-state index contributed by atoms with van der Waals surface area (Å²) in [5, 5.41) is 4.27. The fourth-order valence-corrected chi connectivity index (χ4v) is 2.15. The summed E-state index contributed by atoms with van der Waals surface area (Å²) in [5.41, 5.74) is 1.27. The number of hydrogen-bond acceptors (Lipinski definition) is 1. The van der Waals surface area contributed by atoms with Gasteiger partial charge in [0.25, 0.3) is 0 Å². The van der Waals surface area contributed by atoms with Crippen LogP contribution >= 0.6 is 27.5 Å². The van der Waals surface area contributed by atoms with Crippen molar-refractivity contribution in [3.05, 3.63) is 34.9 Å². The van der Waals surface area contributed by atoms with Crippen molar-refractivity contribution in [1.82, 2.24) is 5.32 Å². The molecule has 0 saturated carbocycles. The first-order chi connectivity index (χ1) is 7.08. The SMILES string of the molecule is CC(Br)CC(C)NCc1ccc(Cl)cc1. The Balaban J connectivity index is 2.33. The number of halogens is 2. The lowest BCUT2D eigenvalue weighted by molar-refractivity contribution is 0.516. The molecule has 1 nitrogen and oxygen atoms in total. The maximum absolute atomic E-state index is 5.82. The third-order valence-corrected chi connectivity index (χ3v) is 2.87. The smallest absolute Gasteiger partial charge is 0.0406 e. The van der Waals surface area contributed by atoms with Gasteiger partial charge >= 0.3 is 0 Å². The molecule has 0 radical (unpaired) electrons. The molecule has 0 aliphatic heterocycles. The molecule has 0 bridgehead atoms. The number of hydrogen-bond donors (Lipinski definition) is 1. The van der Waals surface area contributed by atoms with E-state index in [0.29, 0.717) is 10.9 Å². The summed E-state index contributed by atoms with van der Waals surface area (Å²) < 4.78 is 0. The molecule has 0 heterocycles. The third kappa shape index (κ3) is 5.55. The van der Waals surface area contributed by atoms with E-state index in [9.17, 15) is 0 Å². The van der Waals surface area contributed by atoms with E-state index in [1.54, 1.807) is 0 Å². The minimum atomic E-state index is 0.523. The second-order valence-corrected chi connectivity index (χ2v) is 5.92. The number of alkyl halides is 1. The summed E-state index contributed by atoms with van der Waals surface area (Å²) in [6.45, 7) is 5.27. The molecule has 1 aromatic rings. The van der Waals surface area contributed by atoms with Crippen molar-refractivity contribution >= 4 is 27.5 Å². The van der Waals surface area contributed by atoms with Crippen LogP contribution in [0.15, 0.2) is 24.3 Å². The van der Waals surface area contributed by atoms with Gasteiger partial charge in [-0.05, 0) is 31.0 Å². The Bertz CT molecular complexity index is 284. The average molecular weight is 291 g/mol. The predicted octanol–water partition coefficient (Wildman–Crippen LogP) is 3.99. The number of nitrogens with one attached hydrogen (secondary N) is 1. The van der Waals surface area contributed by atoms with Crippen molar-refractivity contribution in [3.8, 4) is 0 Å². The third-order valence-electron chi connectivity index (χ3n) is 2.25. The predicted molar refractivity (Wildman–Crippen MR) is 70.8 cm³/mol. The first kappa shape index (κ1) is 13.0. The molecule has 0 saturated heterocycles. The molecule has 0 aliphatic rings. The minimum Gasteiger partial charge on any atom is -0.310 e. The highest BCUT2D eigenvalue weighted by Gasteiger charge is 2.04. The Morgan fingerprint density at radius 2 is 1.87 bits per heavy atom. The van der Waals surface area contributed by atoms with Gasteiger partial charge in [0.1, 0.15) is 0 Å². The lowest BCUT2D eigenvalue weighted by Gasteiger charge is -2.15. The standard InChI is InChI=1S/C12H17BrClN/c1-9(13)7-10(2)15-8-11-3-5-12(14)6-4-11/h3-6,9-10,15H,7-8H2,1-2H3. The molecule has 1 rings (SSSR count). The number of benzene rings is 1. The molecule has 0 spiro atoms. The molecule has 1 N–H and O–H groups in total. The highest BCUT2D eigenvalue weighted by atomic mass is 79.9. The van der Waals surface area contributed by atoms with Crippen molar-refractivity contribution in [2.24, 2.45) is 0 Å². The van der Waals surface area contributed by atoms with E-state index < -0.39 is 0 Å². The van der Waals surface area contributed by atoms with Crippen LogP contribution in [0.4, 0.5) is 0 Å². The monoisotopic (exact) mass is 289 g/mol. The van der Waals surface area contributed by atoms with E-state index in [-0.39, 0.29) is 0 Å². The van der Waals surface area contributed by atoms with Crippen LogP contribution in [0.3, 0.4) is 0 Å². The van der Waals surface area contributed by atoms with Crippen LogP contribution in [0.2, 0.25) is 5.02 Å². The normalized spacial score (nSPS) is 14.9. The number of rotatable bonds is 5. The van der Waals surface area contributed by atoms with Crippen LogP contribution in [-0.4, -0.2) is 10.9 Å². The van der Waals surface area contributed by atoms with Crippen LogP contribution in [-0.2, 0) is 6.54 Å². The Morgan fingerprint density at radius 3 is 2.40 bits per heavy atom. The fourth-order valence-electron chi connectivity index (χ4n) is 1.46. The summed E-state index contributed by atoms with van der Waals surface area (Å²) in [4.78, 5) is 0.560. The molecular weight excluding hydrogens is 273 g/mol. The highest BCUT2D eigenvalue weighted by molar-refractivity contribution is 9.09. The molecule has 0 aliphatic carbocycles. The van der Waals surface area contributed by atoms with Crippen molar-refractivity contribution in [2.75, 3.05) is 0 Å². The molecule has 2 unspecified atom stereocenters. The molecule has 1 aromatic carbocycles. The zero-order valence-corrected chi connectivity index (χ0v) is 11.5. The average Bonchev–Trinajstić information content (AvgIpc) is 2.16. The topological polar surface area (TPSA) is 12.0 Å². The maximum atomic E-state index is 5.82. The molecule has 0 amide bonds. The summed E-state index contributed by atoms with van der Waals surface area (Å²) in [5.74, 6) is 0. The molecular formula is C12H17BrClN. The van der Waals surface area contributed by atoms with Gasteiger partial charge in [0.05, 0.1) is 0 Å². The van der Waals surface area contributed by atoms with Crippen molar-refractivity contribution < 1.29 is 0 Å². The zero-order valence-electron chi connectivity index (χ0n) is 9.13. The quantitative estimate of drug-likeness (QED) is 0.809. The summed E-state index contributed by atoms with van der Waals surface area (Å²) in [7, 11) is 0. The van der Waals surface area contributed by atoms with Crippen LogP contribution in [0.25, 0.3) is 0 Å². The van der Waals surface area contributed by atoms with Gasteiger partial charge in [0.15, 0.2) is 0 Å². The highest BCUT2D eigenvalue weighted by Crippen LogP contribution is 2.10. The summed E-state index contributed by atoms with van der Waals surface area (Å²) in [6.07, 6.45) is 1.13. The lowest BCUT2D eigenvalue weighted by Crippen LogP contribution is -2.27. The van der Waals surface area contributed by atoms with Gasteiger partial charge in [-0.15, -0.1) is 0 Å². The van der Waals surface area contributed by atoms with Gasteiger partial charge in [0, 0.05) is 22.4 Å². The van der Waals surface area contributed by atoms with Crippen LogP contribution in [0, 0.1) is 0 Å². The Kier molecular flexibility index (Phi) is 5.65. The van der Waals surface area contributed by atoms with Gasteiger partial charge in [-0.3, -0.25) is 0 Å². The molecule has 0 aromatic heterocycles. The minimum absolute atomic E-state index is 0.523. The van der Waals surface area contributed by atoms with Crippen LogP contribution in [0.5, 0.6) is 0 Å². The van der Waals surface area contributed by atoms with E-state index in [4.69, 9.17) is 11.6 Å². The lowest BCUT2D eigenvalue weighted by atomic mass is 10.1. The van der Waals surface area contributed by atoms with Gasteiger partial charge < -0.3 is 5.32 Å². The van der Waals surface area contributed by atoms with Crippen molar-refractivity contribution in [1.29, 1.82) is 0 Å². The summed E-state index contributed by atoms with van der Waals surface area (Å²) >= 11 is 9.37. The van der Waals surface area contributed by atoms with Crippen LogP contribution in [0.1, 0.15) is 25.8 Å². The maximum Gasteiger partial charge on any atom is 0.0406 e. The molecule has 84 valence electrons. The first-order valence-corrected chi connectivity index (χ1v) is 6.49. The van der Waals surface area contributed by atoms with Gasteiger partial charge in [-0.1, -0.05) is 46.6 Å². The van der Waals surface area contributed by atoms with Crippen molar-refractivity contribution in [3.63, 3.8) is 0 Å². The van der Waals surface area contributed by atoms with Gasteiger partial charge in [0.2, 0.25) is 0 Å². The largest absolute Gasteiger partial charge is 0.310 e. The summed E-state index contributed by atoms with van der Waals surface area (Å²) in [6, 6.07) is 8.49. The molecule has 15 heavy (non-hydrogen) atoms. The van der Waals surface area contributed by atoms with E-state index in [1.165, 1.54) is 5.56 Å². The Labute approximate surface area is 105 Å². The first-order valence-electron chi connectivity index (χ1n) is 5.20. The zero-order chi connectivity index (χ0) is 11.3. The van der Waals surface area contributed by atoms with E-state index in [2.05, 4.69) is 47.2 Å². The molecule has 2 atom stereocenters. The second kappa shape index (κ2) is 6.51. The van der Waals surface area contributed by atoms with E-state index in [0.717, 1.165) is 18.0 Å². The Hall–Kier alpha value is -0.0500. The van der Waals surface area contributed by atoms with Gasteiger partial charge in [-0.25, -0.2) is 0 Å². The van der Waals surface area contributed by atoms with Gasteiger partial charge in [-0.2, -0.15) is 0 Å². The van der Waals surface area contributed by atoms with E-state index >= 15 is 0 Å². The van der Waals surface area contributed by atoms with E-state index in [1.807, 2.05) is 12.1 Å². The molecule has 0 fully saturated rings. The second-order valence-electron chi connectivity index (χ2n) is 3.92. The van der Waals surface area contributed by atoms with Crippen LogP contribution < -0.4 is 5.32 Å². The van der Waals surface area contributed by atoms with Crippen molar-refractivity contribution in [2.45, 2.75) is 37.7 Å². The molecule has 3 heteroatoms.